The first-order valence-corrected chi connectivity index (χ1v) is 6.63. The summed E-state index contributed by atoms with van der Waals surface area (Å²) in [5.41, 5.74) is 5.54. The molecule has 7 heteroatoms. The molecular formula is C10H19ClN2O3S. The maximum atomic E-state index is 11.8. The highest BCUT2D eigenvalue weighted by Gasteiger charge is 2.19. The van der Waals surface area contributed by atoms with Crippen molar-refractivity contribution in [2.45, 2.75) is 38.1 Å². The van der Waals surface area contributed by atoms with Crippen molar-refractivity contribution in [3.05, 3.63) is 17.6 Å². The zero-order valence-electron chi connectivity index (χ0n) is 10.2. The molecule has 0 saturated heterocycles. The fourth-order valence-corrected chi connectivity index (χ4v) is 2.66. The molecule has 0 spiro atoms. The molecule has 0 bridgehead atoms. The third-order valence-electron chi connectivity index (χ3n) is 2.18. The molecule has 1 aromatic heterocycles. The fourth-order valence-electron chi connectivity index (χ4n) is 1.37. The number of rotatable bonds is 5. The number of hydrogen-bond donors (Lipinski definition) is 2. The first-order valence-electron chi connectivity index (χ1n) is 5.15. The highest BCUT2D eigenvalue weighted by molar-refractivity contribution is 7.89. The van der Waals surface area contributed by atoms with Gasteiger partial charge in [0.15, 0.2) is 0 Å². The molecule has 3 N–H and O–H groups in total. The summed E-state index contributed by atoms with van der Waals surface area (Å²) in [6.07, 6.45) is 0.606. The van der Waals surface area contributed by atoms with Crippen LogP contribution in [0.5, 0.6) is 0 Å². The Morgan fingerprint density at radius 2 is 2.06 bits per heavy atom. The first kappa shape index (κ1) is 16.4. The van der Waals surface area contributed by atoms with Gasteiger partial charge in [0, 0.05) is 12.6 Å². The number of hydrogen-bond acceptors (Lipinski definition) is 4. The summed E-state index contributed by atoms with van der Waals surface area (Å²) in [4.78, 5) is 0.203. The Kier molecular flexibility index (Phi) is 6.18. The normalized spacial score (nSPS) is 13.2. The van der Waals surface area contributed by atoms with Crippen LogP contribution in [-0.4, -0.2) is 21.0 Å². The predicted octanol–water partition coefficient (Wildman–Crippen LogP) is 1.33. The second kappa shape index (κ2) is 6.39. The summed E-state index contributed by atoms with van der Waals surface area (Å²) in [6, 6.07) is 1.50. The van der Waals surface area contributed by atoms with Crippen molar-refractivity contribution in [3.8, 4) is 0 Å². The van der Waals surface area contributed by atoms with Crippen molar-refractivity contribution in [2.24, 2.45) is 5.73 Å². The Labute approximate surface area is 108 Å². The van der Waals surface area contributed by atoms with Gasteiger partial charge in [-0.05, 0) is 33.3 Å². The average Bonchev–Trinajstić information content (AvgIpc) is 2.44. The molecule has 0 aliphatic rings. The third kappa shape index (κ3) is 4.67. The van der Waals surface area contributed by atoms with E-state index >= 15 is 0 Å². The molecule has 1 heterocycles. The molecule has 0 saturated carbocycles. The maximum Gasteiger partial charge on any atom is 0.244 e. The summed E-state index contributed by atoms with van der Waals surface area (Å²) in [5, 5.41) is 0. The van der Waals surface area contributed by atoms with E-state index in [1.807, 2.05) is 6.92 Å². The van der Waals surface area contributed by atoms with E-state index < -0.39 is 10.0 Å². The van der Waals surface area contributed by atoms with Crippen molar-refractivity contribution >= 4 is 22.4 Å². The van der Waals surface area contributed by atoms with Gasteiger partial charge in [0.1, 0.15) is 16.4 Å². The Morgan fingerprint density at radius 3 is 2.47 bits per heavy atom. The monoisotopic (exact) mass is 282 g/mol. The van der Waals surface area contributed by atoms with Crippen LogP contribution in [0.2, 0.25) is 0 Å². The van der Waals surface area contributed by atoms with Crippen LogP contribution in [-0.2, 0) is 10.0 Å². The minimum atomic E-state index is -3.47. The molecule has 0 aliphatic heterocycles. The minimum absolute atomic E-state index is 0. The largest absolute Gasteiger partial charge is 0.465 e. The van der Waals surface area contributed by atoms with Crippen LogP contribution in [0.4, 0.5) is 0 Å². The molecule has 5 nitrogen and oxygen atoms in total. The van der Waals surface area contributed by atoms with Crippen LogP contribution >= 0.6 is 12.4 Å². The lowest BCUT2D eigenvalue weighted by atomic mass is 10.3. The quantitative estimate of drug-likeness (QED) is 0.853. The van der Waals surface area contributed by atoms with Crippen LogP contribution in [0.15, 0.2) is 15.4 Å². The number of furan rings is 1. The van der Waals surface area contributed by atoms with E-state index in [1.165, 1.54) is 6.07 Å². The van der Waals surface area contributed by atoms with Crippen molar-refractivity contribution in [3.63, 3.8) is 0 Å². The van der Waals surface area contributed by atoms with E-state index in [0.717, 1.165) is 0 Å². The third-order valence-corrected chi connectivity index (χ3v) is 3.75. The van der Waals surface area contributed by atoms with Crippen LogP contribution in [0, 0.1) is 13.8 Å². The van der Waals surface area contributed by atoms with Crippen molar-refractivity contribution in [2.75, 3.05) is 6.54 Å². The molecule has 0 aromatic carbocycles. The Balaban J connectivity index is 0.00000256. The van der Waals surface area contributed by atoms with E-state index in [-0.39, 0.29) is 23.3 Å². The molecular weight excluding hydrogens is 264 g/mol. The standard InChI is InChI=1S/C10H18N2O3S.ClH/c1-7(11)4-5-12-16(13,14)10-6-8(2)15-9(10)3;/h6-7,12H,4-5,11H2,1-3H3;1H. The van der Waals surface area contributed by atoms with Gasteiger partial charge in [-0.15, -0.1) is 12.4 Å². The molecule has 0 amide bonds. The lowest BCUT2D eigenvalue weighted by Gasteiger charge is -2.07. The van der Waals surface area contributed by atoms with Gasteiger partial charge in [-0.1, -0.05) is 0 Å². The first-order chi connectivity index (χ1) is 7.33. The number of nitrogens with two attached hydrogens (primary N) is 1. The molecule has 1 atom stereocenters. The van der Waals surface area contributed by atoms with Gasteiger partial charge in [-0.2, -0.15) is 0 Å². The molecule has 0 radical (unpaired) electrons. The van der Waals surface area contributed by atoms with E-state index in [2.05, 4.69) is 4.72 Å². The smallest absolute Gasteiger partial charge is 0.244 e. The zero-order chi connectivity index (χ0) is 12.3. The summed E-state index contributed by atoms with van der Waals surface area (Å²) in [7, 11) is -3.47. The summed E-state index contributed by atoms with van der Waals surface area (Å²) >= 11 is 0. The number of aryl methyl sites for hydroxylation is 2. The van der Waals surface area contributed by atoms with Gasteiger partial charge in [0.2, 0.25) is 10.0 Å². The highest BCUT2D eigenvalue weighted by atomic mass is 35.5. The SMILES string of the molecule is Cc1cc(S(=O)(=O)NCCC(C)N)c(C)o1.Cl. The number of halogens is 1. The molecule has 1 aromatic rings. The summed E-state index contributed by atoms with van der Waals surface area (Å²) in [6.45, 7) is 5.52. The van der Waals surface area contributed by atoms with Crippen molar-refractivity contribution in [1.29, 1.82) is 0 Å². The Morgan fingerprint density at radius 1 is 1.47 bits per heavy atom. The zero-order valence-corrected chi connectivity index (χ0v) is 11.8. The molecule has 0 fully saturated rings. The van der Waals surface area contributed by atoms with Crippen molar-refractivity contribution in [1.82, 2.24) is 4.72 Å². The topological polar surface area (TPSA) is 85.3 Å². The highest BCUT2D eigenvalue weighted by Crippen LogP contribution is 2.18. The Hall–Kier alpha value is -0.560. The van der Waals surface area contributed by atoms with Gasteiger partial charge in [0.05, 0.1) is 0 Å². The fraction of sp³-hybridized carbons (Fsp3) is 0.600. The van der Waals surface area contributed by atoms with E-state index in [9.17, 15) is 8.42 Å². The number of sulfonamides is 1. The van der Waals surface area contributed by atoms with Crippen LogP contribution in [0.1, 0.15) is 24.9 Å². The summed E-state index contributed by atoms with van der Waals surface area (Å²) < 4.78 is 31.3. The molecule has 1 rings (SSSR count). The van der Waals surface area contributed by atoms with Gasteiger partial charge in [-0.3, -0.25) is 0 Å². The number of nitrogens with one attached hydrogen (secondary N) is 1. The summed E-state index contributed by atoms with van der Waals surface area (Å²) in [5.74, 6) is 0.996. The predicted molar refractivity (Wildman–Crippen MR) is 68.9 cm³/mol. The molecule has 17 heavy (non-hydrogen) atoms. The molecule has 1 unspecified atom stereocenters. The minimum Gasteiger partial charge on any atom is -0.465 e. The van der Waals surface area contributed by atoms with E-state index in [1.54, 1.807) is 13.8 Å². The van der Waals surface area contributed by atoms with Gasteiger partial charge in [-0.25, -0.2) is 13.1 Å². The van der Waals surface area contributed by atoms with Crippen LogP contribution in [0.25, 0.3) is 0 Å². The molecule has 100 valence electrons. The van der Waals surface area contributed by atoms with Crippen molar-refractivity contribution < 1.29 is 12.8 Å². The second-order valence-corrected chi connectivity index (χ2v) is 5.68. The van der Waals surface area contributed by atoms with E-state index in [0.29, 0.717) is 24.5 Å². The second-order valence-electron chi connectivity index (χ2n) is 3.94. The van der Waals surface area contributed by atoms with E-state index in [4.69, 9.17) is 10.2 Å². The lowest BCUT2D eigenvalue weighted by Crippen LogP contribution is -2.29. The van der Waals surface area contributed by atoms with Gasteiger partial charge in [0.25, 0.3) is 0 Å². The molecule has 0 aliphatic carbocycles. The van der Waals surface area contributed by atoms with Crippen LogP contribution < -0.4 is 10.5 Å². The Bertz CT molecular complexity index is 454. The van der Waals surface area contributed by atoms with Crippen LogP contribution in [0.3, 0.4) is 0 Å². The van der Waals surface area contributed by atoms with Gasteiger partial charge < -0.3 is 10.2 Å². The lowest BCUT2D eigenvalue weighted by molar-refractivity contribution is 0.495. The maximum absolute atomic E-state index is 11.8. The van der Waals surface area contributed by atoms with Gasteiger partial charge >= 0.3 is 0 Å². The average molecular weight is 283 g/mol.